The molecule has 0 amide bonds. The average molecular weight is 179 g/mol. The smallest absolute Gasteiger partial charge is 0.137 e. The molecule has 0 unspecified atom stereocenters. The van der Waals surface area contributed by atoms with Gasteiger partial charge < -0.3 is 4.74 Å². The lowest BCUT2D eigenvalue weighted by Crippen LogP contribution is -1.98. The minimum absolute atomic E-state index is 0.705. The van der Waals surface area contributed by atoms with Crippen LogP contribution in [-0.2, 0) is 12.8 Å². The maximum absolute atomic E-state index is 5.39. The summed E-state index contributed by atoms with van der Waals surface area (Å²) in [6, 6.07) is 2.09. The monoisotopic (exact) mass is 179 g/mol. The second kappa shape index (κ2) is 4.85. The van der Waals surface area contributed by atoms with Gasteiger partial charge in [0.15, 0.2) is 0 Å². The molecule has 0 aliphatic heterocycles. The van der Waals surface area contributed by atoms with E-state index in [9.17, 15) is 0 Å². The van der Waals surface area contributed by atoms with Gasteiger partial charge in [0.05, 0.1) is 12.8 Å². The molecule has 0 bridgehead atoms. The van der Waals surface area contributed by atoms with Crippen molar-refractivity contribution in [3.05, 3.63) is 23.5 Å². The summed E-state index contributed by atoms with van der Waals surface area (Å²) in [5.74, 6) is 0.886. The van der Waals surface area contributed by atoms with Gasteiger partial charge in [-0.25, -0.2) is 0 Å². The van der Waals surface area contributed by atoms with Gasteiger partial charge in [-0.1, -0.05) is 13.8 Å². The van der Waals surface area contributed by atoms with E-state index in [4.69, 9.17) is 4.74 Å². The molecule has 0 fully saturated rings. The van der Waals surface area contributed by atoms with Gasteiger partial charge in [-0.3, -0.25) is 4.98 Å². The van der Waals surface area contributed by atoms with E-state index in [1.807, 2.05) is 13.1 Å². The molecule has 0 saturated carbocycles. The minimum atomic E-state index is 0.705. The van der Waals surface area contributed by atoms with Gasteiger partial charge in [-0.2, -0.15) is 0 Å². The lowest BCUT2D eigenvalue weighted by atomic mass is 10.1. The topological polar surface area (TPSA) is 22.1 Å². The second-order valence-electron chi connectivity index (χ2n) is 2.92. The fraction of sp³-hybridized carbons (Fsp3) is 0.545. The number of nitrogens with zero attached hydrogens (tertiary/aromatic N) is 1. The third kappa shape index (κ3) is 2.44. The molecule has 0 aromatic carbocycles. The van der Waals surface area contributed by atoms with Crippen LogP contribution in [0.2, 0.25) is 0 Å². The summed E-state index contributed by atoms with van der Waals surface area (Å²) in [5.41, 5.74) is 2.49. The number of pyridine rings is 1. The molecule has 1 aromatic rings. The SMILES string of the molecule is CCOc1cnc(CC)c(CC)c1. The molecule has 0 radical (unpaired) electrons. The summed E-state index contributed by atoms with van der Waals surface area (Å²) >= 11 is 0. The first-order valence-electron chi connectivity index (χ1n) is 4.92. The van der Waals surface area contributed by atoms with Crippen LogP contribution in [0.1, 0.15) is 32.0 Å². The van der Waals surface area contributed by atoms with Crippen molar-refractivity contribution in [3.63, 3.8) is 0 Å². The van der Waals surface area contributed by atoms with E-state index >= 15 is 0 Å². The summed E-state index contributed by atoms with van der Waals surface area (Å²) < 4.78 is 5.39. The number of ether oxygens (including phenoxy) is 1. The highest BCUT2D eigenvalue weighted by atomic mass is 16.5. The Morgan fingerprint density at radius 2 is 2.00 bits per heavy atom. The van der Waals surface area contributed by atoms with Crippen molar-refractivity contribution in [1.29, 1.82) is 0 Å². The summed E-state index contributed by atoms with van der Waals surface area (Å²) in [6.07, 6.45) is 3.83. The molecule has 1 rings (SSSR count). The highest BCUT2D eigenvalue weighted by Gasteiger charge is 2.02. The van der Waals surface area contributed by atoms with Crippen molar-refractivity contribution in [2.75, 3.05) is 6.61 Å². The Bertz CT molecular complexity index is 271. The second-order valence-corrected chi connectivity index (χ2v) is 2.92. The molecular formula is C11H17NO. The van der Waals surface area contributed by atoms with Crippen molar-refractivity contribution in [2.24, 2.45) is 0 Å². The molecule has 0 atom stereocenters. The van der Waals surface area contributed by atoms with Crippen molar-refractivity contribution < 1.29 is 4.74 Å². The van der Waals surface area contributed by atoms with Crippen LogP contribution in [0.25, 0.3) is 0 Å². The van der Waals surface area contributed by atoms with Crippen LogP contribution < -0.4 is 4.74 Å². The zero-order valence-corrected chi connectivity index (χ0v) is 8.63. The van der Waals surface area contributed by atoms with Gasteiger partial charge in [0.25, 0.3) is 0 Å². The Hall–Kier alpha value is -1.05. The number of hydrogen-bond acceptors (Lipinski definition) is 2. The van der Waals surface area contributed by atoms with Gasteiger partial charge in [0.2, 0.25) is 0 Å². The van der Waals surface area contributed by atoms with E-state index in [-0.39, 0.29) is 0 Å². The molecular weight excluding hydrogens is 162 g/mol. The first-order chi connectivity index (χ1) is 6.31. The molecule has 2 heteroatoms. The number of aryl methyl sites for hydroxylation is 2. The number of aromatic nitrogens is 1. The van der Waals surface area contributed by atoms with Gasteiger partial charge >= 0.3 is 0 Å². The van der Waals surface area contributed by atoms with Crippen LogP contribution in [0.15, 0.2) is 12.3 Å². The van der Waals surface area contributed by atoms with Gasteiger partial charge in [-0.05, 0) is 31.4 Å². The summed E-state index contributed by atoms with van der Waals surface area (Å²) in [6.45, 7) is 6.96. The number of rotatable bonds is 4. The van der Waals surface area contributed by atoms with E-state index in [2.05, 4.69) is 24.9 Å². The highest BCUT2D eigenvalue weighted by molar-refractivity contribution is 5.29. The van der Waals surface area contributed by atoms with E-state index in [1.54, 1.807) is 0 Å². The molecule has 13 heavy (non-hydrogen) atoms. The van der Waals surface area contributed by atoms with Crippen molar-refractivity contribution in [1.82, 2.24) is 4.98 Å². The van der Waals surface area contributed by atoms with Crippen LogP contribution in [0.5, 0.6) is 5.75 Å². The maximum atomic E-state index is 5.39. The van der Waals surface area contributed by atoms with Crippen molar-refractivity contribution in [2.45, 2.75) is 33.6 Å². The minimum Gasteiger partial charge on any atom is -0.492 e. The Morgan fingerprint density at radius 3 is 2.54 bits per heavy atom. The molecule has 0 N–H and O–H groups in total. The molecule has 1 heterocycles. The van der Waals surface area contributed by atoms with Gasteiger partial charge in [-0.15, -0.1) is 0 Å². The van der Waals surface area contributed by atoms with E-state index in [0.717, 1.165) is 18.6 Å². The van der Waals surface area contributed by atoms with Crippen LogP contribution in [0.4, 0.5) is 0 Å². The quantitative estimate of drug-likeness (QED) is 0.708. The fourth-order valence-corrected chi connectivity index (χ4v) is 1.39. The first kappa shape index (κ1) is 10.0. The van der Waals surface area contributed by atoms with Crippen LogP contribution in [-0.4, -0.2) is 11.6 Å². The predicted octanol–water partition coefficient (Wildman–Crippen LogP) is 2.61. The Labute approximate surface area is 80.0 Å². The van der Waals surface area contributed by atoms with Crippen molar-refractivity contribution >= 4 is 0 Å². The Kier molecular flexibility index (Phi) is 3.74. The van der Waals surface area contributed by atoms with Gasteiger partial charge in [0.1, 0.15) is 5.75 Å². The Morgan fingerprint density at radius 1 is 1.23 bits per heavy atom. The number of hydrogen-bond donors (Lipinski definition) is 0. The maximum Gasteiger partial charge on any atom is 0.137 e. The summed E-state index contributed by atoms with van der Waals surface area (Å²) in [7, 11) is 0. The normalized spacial score (nSPS) is 10.1. The van der Waals surface area contributed by atoms with Crippen molar-refractivity contribution in [3.8, 4) is 5.75 Å². The largest absolute Gasteiger partial charge is 0.492 e. The van der Waals surface area contributed by atoms with E-state index < -0.39 is 0 Å². The molecule has 0 saturated heterocycles. The van der Waals surface area contributed by atoms with Crippen LogP contribution in [0.3, 0.4) is 0 Å². The van der Waals surface area contributed by atoms with E-state index in [1.165, 1.54) is 11.3 Å². The average Bonchev–Trinajstić information content (AvgIpc) is 2.18. The third-order valence-electron chi connectivity index (χ3n) is 2.06. The van der Waals surface area contributed by atoms with Gasteiger partial charge in [0, 0.05) is 5.69 Å². The fourth-order valence-electron chi connectivity index (χ4n) is 1.39. The molecule has 2 nitrogen and oxygen atoms in total. The third-order valence-corrected chi connectivity index (χ3v) is 2.06. The molecule has 0 aliphatic rings. The lowest BCUT2D eigenvalue weighted by molar-refractivity contribution is 0.338. The zero-order chi connectivity index (χ0) is 9.68. The van der Waals surface area contributed by atoms with Crippen LogP contribution >= 0.6 is 0 Å². The molecule has 72 valence electrons. The molecule has 0 aliphatic carbocycles. The highest BCUT2D eigenvalue weighted by Crippen LogP contribution is 2.16. The summed E-state index contributed by atoms with van der Waals surface area (Å²) in [4.78, 5) is 4.36. The first-order valence-corrected chi connectivity index (χ1v) is 4.92. The Balaban J connectivity index is 2.91. The predicted molar refractivity (Wildman–Crippen MR) is 54.2 cm³/mol. The van der Waals surface area contributed by atoms with Crippen LogP contribution in [0, 0.1) is 0 Å². The molecule has 1 aromatic heterocycles. The zero-order valence-electron chi connectivity index (χ0n) is 8.63. The van der Waals surface area contributed by atoms with E-state index in [0.29, 0.717) is 6.61 Å². The lowest BCUT2D eigenvalue weighted by Gasteiger charge is -2.07. The standard InChI is InChI=1S/C11H17NO/c1-4-9-7-10(13-6-3)8-12-11(9)5-2/h7-8H,4-6H2,1-3H3. The molecule has 0 spiro atoms. The summed E-state index contributed by atoms with van der Waals surface area (Å²) in [5, 5.41) is 0.